The van der Waals surface area contributed by atoms with Crippen LogP contribution in [-0.4, -0.2) is 31.5 Å². The summed E-state index contributed by atoms with van der Waals surface area (Å²) in [5, 5.41) is 11.5. The molecule has 0 amide bonds. The van der Waals surface area contributed by atoms with Gasteiger partial charge in [0.05, 0.1) is 7.85 Å². The van der Waals surface area contributed by atoms with Gasteiger partial charge in [0.1, 0.15) is 0 Å². The minimum Gasteiger partial charge on any atom is -0.481 e. The number of nitrogens with one attached hydrogen (secondary N) is 1. The van der Waals surface area contributed by atoms with Crippen LogP contribution < -0.4 is 5.32 Å². The summed E-state index contributed by atoms with van der Waals surface area (Å²) >= 11 is 0. The van der Waals surface area contributed by atoms with Crippen LogP contribution in [0.2, 0.25) is 5.31 Å². The van der Waals surface area contributed by atoms with Gasteiger partial charge in [-0.3, -0.25) is 4.79 Å². The molecule has 2 atom stereocenters. The van der Waals surface area contributed by atoms with Gasteiger partial charge >= 0.3 is 5.97 Å². The van der Waals surface area contributed by atoms with Crippen LogP contribution in [0.5, 0.6) is 0 Å². The molecule has 1 saturated heterocycles. The summed E-state index contributed by atoms with van der Waals surface area (Å²) in [7, 11) is 5.98. The van der Waals surface area contributed by atoms with Gasteiger partial charge in [-0.2, -0.15) is 0 Å². The van der Waals surface area contributed by atoms with Gasteiger partial charge in [0.25, 0.3) is 0 Å². The van der Waals surface area contributed by atoms with E-state index >= 15 is 0 Å². The molecule has 1 aliphatic heterocycles. The zero-order chi connectivity index (χ0) is 12.0. The second-order valence-corrected chi connectivity index (χ2v) is 4.90. The minimum atomic E-state index is -1.01. The zero-order valence-electron chi connectivity index (χ0n) is 11.0. The van der Waals surface area contributed by atoms with Gasteiger partial charge < -0.3 is 10.4 Å². The normalized spacial score (nSPS) is 21.5. The Balaban J connectivity index is 0. The van der Waals surface area contributed by atoms with Crippen LogP contribution in [0.1, 0.15) is 51.9 Å². The van der Waals surface area contributed by atoms with Crippen LogP contribution in [0.15, 0.2) is 0 Å². The molecule has 1 fully saturated rings. The lowest BCUT2D eigenvalue weighted by molar-refractivity contribution is -0.141. The third-order valence-electron chi connectivity index (χ3n) is 3.50. The quantitative estimate of drug-likeness (QED) is 0.710. The minimum absolute atomic E-state index is 0. The second-order valence-electron chi connectivity index (χ2n) is 4.90. The molecular formula is C12H24BCl2NO2. The maximum absolute atomic E-state index is 11.2. The number of rotatable bonds is 7. The number of aliphatic carboxylic acids is 1. The molecule has 0 aromatic rings. The average Bonchev–Trinajstić information content (AvgIpc) is 2.76. The Bertz CT molecular complexity index is 238. The van der Waals surface area contributed by atoms with E-state index in [0.29, 0.717) is 18.9 Å². The van der Waals surface area contributed by atoms with Crippen molar-refractivity contribution < 1.29 is 9.90 Å². The Labute approximate surface area is 124 Å². The molecule has 2 radical (unpaired) electrons. The van der Waals surface area contributed by atoms with E-state index in [1.807, 2.05) is 0 Å². The Morgan fingerprint density at radius 2 is 2.11 bits per heavy atom. The van der Waals surface area contributed by atoms with Crippen molar-refractivity contribution in [1.29, 1.82) is 0 Å². The highest BCUT2D eigenvalue weighted by Gasteiger charge is 2.32. The molecule has 1 rings (SSSR count). The summed E-state index contributed by atoms with van der Waals surface area (Å²) < 4.78 is 0. The molecule has 6 heteroatoms. The van der Waals surface area contributed by atoms with E-state index in [1.165, 1.54) is 6.42 Å². The van der Waals surface area contributed by atoms with E-state index in [4.69, 9.17) is 7.85 Å². The molecule has 0 aliphatic carbocycles. The first kappa shape index (κ1) is 20.4. The highest BCUT2D eigenvalue weighted by Crippen LogP contribution is 2.35. The topological polar surface area (TPSA) is 49.3 Å². The van der Waals surface area contributed by atoms with Crippen LogP contribution in [-0.2, 0) is 4.79 Å². The molecule has 1 unspecified atom stereocenters. The Morgan fingerprint density at radius 1 is 1.44 bits per heavy atom. The fraction of sp³-hybridized carbons (Fsp3) is 0.917. The lowest BCUT2D eigenvalue weighted by Crippen LogP contribution is -2.28. The summed E-state index contributed by atoms with van der Waals surface area (Å²) in [6.07, 6.45) is 6.29. The second kappa shape index (κ2) is 9.93. The fourth-order valence-electron chi connectivity index (χ4n) is 2.27. The molecule has 0 aromatic carbocycles. The van der Waals surface area contributed by atoms with Crippen molar-refractivity contribution in [3.8, 4) is 0 Å². The van der Waals surface area contributed by atoms with Crippen LogP contribution in [0.3, 0.4) is 0 Å². The van der Waals surface area contributed by atoms with Gasteiger partial charge in [0.2, 0.25) is 0 Å². The van der Waals surface area contributed by atoms with Crippen molar-refractivity contribution in [2.75, 3.05) is 6.54 Å². The van der Waals surface area contributed by atoms with Crippen LogP contribution in [0.25, 0.3) is 0 Å². The van der Waals surface area contributed by atoms with Crippen molar-refractivity contribution in [3.63, 3.8) is 0 Å². The summed E-state index contributed by atoms with van der Waals surface area (Å²) in [6, 6.07) is 0.476. The van der Waals surface area contributed by atoms with Crippen molar-refractivity contribution in [2.45, 2.75) is 63.2 Å². The molecule has 3 nitrogen and oxygen atoms in total. The standard InChI is InChI=1S/C12H22BNO2.2ClH/c1-2-3-7-12(13,11(15)16)8-6-10-5-4-9-14-10;;/h10,14H,2-9H2,1H3,(H,15,16);2*1H/t10-,12?;;/m0../s1. The van der Waals surface area contributed by atoms with Crippen LogP contribution in [0, 0.1) is 0 Å². The van der Waals surface area contributed by atoms with Crippen molar-refractivity contribution in [2.24, 2.45) is 0 Å². The summed E-state index contributed by atoms with van der Waals surface area (Å²) in [5.74, 6) is -0.848. The van der Waals surface area contributed by atoms with Crippen molar-refractivity contribution in [3.05, 3.63) is 0 Å². The maximum atomic E-state index is 11.2. The summed E-state index contributed by atoms with van der Waals surface area (Å²) in [6.45, 7) is 3.12. The molecule has 1 aliphatic rings. The fourth-order valence-corrected chi connectivity index (χ4v) is 2.27. The van der Waals surface area contributed by atoms with Gasteiger partial charge in [0.15, 0.2) is 0 Å². The number of carboxylic acids is 1. The number of halogens is 2. The Hall–Kier alpha value is 0.0749. The third-order valence-corrected chi connectivity index (χ3v) is 3.50. The Morgan fingerprint density at radius 3 is 2.56 bits per heavy atom. The number of unbranched alkanes of at least 4 members (excludes halogenated alkanes) is 1. The molecule has 1 heterocycles. The molecule has 0 spiro atoms. The lowest BCUT2D eigenvalue weighted by Gasteiger charge is -2.26. The lowest BCUT2D eigenvalue weighted by atomic mass is 9.62. The average molecular weight is 296 g/mol. The molecule has 0 aromatic heterocycles. The van der Waals surface area contributed by atoms with Gasteiger partial charge in [-0.15, -0.1) is 24.8 Å². The van der Waals surface area contributed by atoms with E-state index in [0.717, 1.165) is 32.2 Å². The Kier molecular flexibility index (Phi) is 11.3. The van der Waals surface area contributed by atoms with Gasteiger partial charge in [-0.1, -0.05) is 19.8 Å². The molecule has 0 saturated carbocycles. The summed E-state index contributed by atoms with van der Waals surface area (Å²) in [4.78, 5) is 11.2. The highest BCUT2D eigenvalue weighted by atomic mass is 35.5. The highest BCUT2D eigenvalue weighted by molar-refractivity contribution is 6.26. The molecule has 18 heavy (non-hydrogen) atoms. The van der Waals surface area contributed by atoms with Gasteiger partial charge in [-0.05, 0) is 38.6 Å². The largest absolute Gasteiger partial charge is 0.481 e. The molecule has 106 valence electrons. The van der Waals surface area contributed by atoms with Gasteiger partial charge in [-0.25, -0.2) is 0 Å². The van der Waals surface area contributed by atoms with E-state index in [9.17, 15) is 9.90 Å². The molecule has 0 bridgehead atoms. The van der Waals surface area contributed by atoms with E-state index < -0.39 is 11.3 Å². The zero-order valence-corrected chi connectivity index (χ0v) is 12.6. The van der Waals surface area contributed by atoms with Crippen LogP contribution in [0.4, 0.5) is 0 Å². The molecular weight excluding hydrogens is 272 g/mol. The maximum Gasteiger partial charge on any atom is 0.300 e. The van der Waals surface area contributed by atoms with Crippen molar-refractivity contribution in [1.82, 2.24) is 5.32 Å². The first-order valence-corrected chi connectivity index (χ1v) is 6.34. The van der Waals surface area contributed by atoms with Crippen molar-refractivity contribution >= 4 is 38.6 Å². The predicted octanol–water partition coefficient (Wildman–Crippen LogP) is 2.96. The monoisotopic (exact) mass is 295 g/mol. The molecule has 2 N–H and O–H groups in total. The number of carboxylic acid groups (broad SMARTS) is 1. The van der Waals surface area contributed by atoms with E-state index in [2.05, 4.69) is 12.2 Å². The number of carbonyl (C=O) groups is 1. The first-order chi connectivity index (χ1) is 7.58. The number of hydrogen-bond acceptors (Lipinski definition) is 2. The van der Waals surface area contributed by atoms with Gasteiger partial charge in [0, 0.05) is 11.4 Å². The van der Waals surface area contributed by atoms with Crippen LogP contribution >= 0.6 is 24.8 Å². The SMILES string of the molecule is Cl.Cl.[B]C(CCCC)(CC[C@@H]1CCCN1)C(=O)O. The number of hydrogen-bond donors (Lipinski definition) is 2. The van der Waals surface area contributed by atoms with E-state index in [-0.39, 0.29) is 24.8 Å². The smallest absolute Gasteiger partial charge is 0.300 e. The third kappa shape index (κ3) is 6.30. The predicted molar refractivity (Wildman–Crippen MR) is 80.4 cm³/mol. The summed E-state index contributed by atoms with van der Waals surface area (Å²) in [5.41, 5.74) is 0. The van der Waals surface area contributed by atoms with E-state index in [1.54, 1.807) is 0 Å². The first-order valence-electron chi connectivity index (χ1n) is 6.34.